The summed E-state index contributed by atoms with van der Waals surface area (Å²) >= 11 is 0. The number of carbonyl (C=O) groups is 1. The molecule has 1 heterocycles. The Kier molecular flexibility index (Phi) is 5.37. The summed E-state index contributed by atoms with van der Waals surface area (Å²) in [5.74, 6) is 0.646. The predicted molar refractivity (Wildman–Crippen MR) is 102 cm³/mol. The molecule has 0 saturated heterocycles. The highest BCUT2D eigenvalue weighted by Crippen LogP contribution is 2.19. The molecule has 0 aliphatic rings. The van der Waals surface area contributed by atoms with Crippen molar-refractivity contribution < 1.29 is 9.53 Å². The standard InChI is InChI=1S/C21H23N3O2/c1-15(2)23-21(25)20-16(3)24(14-22-20)18-9-11-19(12-10-18)26-13-17-7-5-4-6-8-17/h4-12,14-15H,13H2,1-3H3,(H,23,25). The molecule has 0 unspecified atom stereocenters. The molecule has 1 amide bonds. The molecule has 0 saturated carbocycles. The minimum Gasteiger partial charge on any atom is -0.489 e. The molecule has 0 atom stereocenters. The number of imidazole rings is 1. The van der Waals surface area contributed by atoms with Gasteiger partial charge in [-0.1, -0.05) is 30.3 Å². The molecule has 3 rings (SSSR count). The molecule has 134 valence electrons. The van der Waals surface area contributed by atoms with Gasteiger partial charge in [0.05, 0.1) is 5.69 Å². The van der Waals surface area contributed by atoms with Gasteiger partial charge in [0.15, 0.2) is 0 Å². The van der Waals surface area contributed by atoms with Crippen molar-refractivity contribution >= 4 is 5.91 Å². The lowest BCUT2D eigenvalue weighted by atomic mass is 10.2. The van der Waals surface area contributed by atoms with Gasteiger partial charge in [0, 0.05) is 11.7 Å². The van der Waals surface area contributed by atoms with Crippen molar-refractivity contribution in [2.75, 3.05) is 0 Å². The number of nitrogens with zero attached hydrogens (tertiary/aromatic N) is 2. The highest BCUT2D eigenvalue weighted by molar-refractivity contribution is 5.93. The van der Waals surface area contributed by atoms with Crippen molar-refractivity contribution in [3.63, 3.8) is 0 Å². The maximum absolute atomic E-state index is 12.2. The fraction of sp³-hybridized carbons (Fsp3) is 0.238. The highest BCUT2D eigenvalue weighted by atomic mass is 16.5. The molecule has 3 aromatic rings. The number of benzene rings is 2. The third-order valence-electron chi connectivity index (χ3n) is 4.00. The third-order valence-corrected chi connectivity index (χ3v) is 4.00. The Morgan fingerprint density at radius 1 is 1.12 bits per heavy atom. The van der Waals surface area contributed by atoms with E-state index in [0.29, 0.717) is 12.3 Å². The summed E-state index contributed by atoms with van der Waals surface area (Å²) in [6, 6.07) is 17.9. The van der Waals surface area contributed by atoms with E-state index in [9.17, 15) is 4.79 Å². The summed E-state index contributed by atoms with van der Waals surface area (Å²) in [6.07, 6.45) is 1.67. The molecule has 0 bridgehead atoms. The Hall–Kier alpha value is -3.08. The molecule has 5 heteroatoms. The van der Waals surface area contributed by atoms with Crippen molar-refractivity contribution in [1.82, 2.24) is 14.9 Å². The van der Waals surface area contributed by atoms with Crippen LogP contribution in [0.25, 0.3) is 5.69 Å². The topological polar surface area (TPSA) is 56.2 Å². The Morgan fingerprint density at radius 3 is 2.46 bits per heavy atom. The van der Waals surface area contributed by atoms with Crippen LogP contribution in [0.5, 0.6) is 5.75 Å². The fourth-order valence-corrected chi connectivity index (χ4v) is 2.67. The van der Waals surface area contributed by atoms with Gasteiger partial charge in [-0.25, -0.2) is 4.98 Å². The molecule has 0 aliphatic heterocycles. The quantitative estimate of drug-likeness (QED) is 0.734. The van der Waals surface area contributed by atoms with E-state index in [4.69, 9.17) is 4.74 Å². The first-order valence-electron chi connectivity index (χ1n) is 8.66. The maximum atomic E-state index is 12.2. The normalized spacial score (nSPS) is 10.8. The van der Waals surface area contributed by atoms with E-state index in [2.05, 4.69) is 10.3 Å². The second-order valence-electron chi connectivity index (χ2n) is 6.44. The smallest absolute Gasteiger partial charge is 0.271 e. The van der Waals surface area contributed by atoms with Gasteiger partial charge in [-0.05, 0) is 50.6 Å². The van der Waals surface area contributed by atoms with Crippen LogP contribution in [0, 0.1) is 6.92 Å². The van der Waals surface area contributed by atoms with E-state index in [1.165, 1.54) is 0 Å². The van der Waals surface area contributed by atoms with Crippen molar-refractivity contribution in [1.29, 1.82) is 0 Å². The first-order valence-corrected chi connectivity index (χ1v) is 8.66. The van der Waals surface area contributed by atoms with E-state index in [1.807, 2.05) is 79.9 Å². The van der Waals surface area contributed by atoms with Gasteiger partial charge in [0.2, 0.25) is 0 Å². The van der Waals surface area contributed by atoms with Crippen LogP contribution in [0.2, 0.25) is 0 Å². The van der Waals surface area contributed by atoms with Crippen LogP contribution in [0.4, 0.5) is 0 Å². The Bertz CT molecular complexity index is 868. The van der Waals surface area contributed by atoms with Crippen LogP contribution < -0.4 is 10.1 Å². The number of aromatic nitrogens is 2. The van der Waals surface area contributed by atoms with E-state index >= 15 is 0 Å². The summed E-state index contributed by atoms with van der Waals surface area (Å²) in [5.41, 5.74) is 3.32. The molecule has 2 aromatic carbocycles. The van der Waals surface area contributed by atoms with Crippen molar-refractivity contribution in [3.8, 4) is 11.4 Å². The summed E-state index contributed by atoms with van der Waals surface area (Å²) in [4.78, 5) is 16.5. The minimum atomic E-state index is -0.154. The van der Waals surface area contributed by atoms with Crippen molar-refractivity contribution in [3.05, 3.63) is 77.9 Å². The Labute approximate surface area is 153 Å². The Balaban J connectivity index is 1.71. The monoisotopic (exact) mass is 349 g/mol. The number of amides is 1. The molecular weight excluding hydrogens is 326 g/mol. The van der Waals surface area contributed by atoms with Crippen LogP contribution >= 0.6 is 0 Å². The average Bonchev–Trinajstić information content (AvgIpc) is 3.02. The lowest BCUT2D eigenvalue weighted by molar-refractivity contribution is 0.0938. The molecule has 0 aliphatic carbocycles. The highest BCUT2D eigenvalue weighted by Gasteiger charge is 2.16. The van der Waals surface area contributed by atoms with Gasteiger partial charge in [-0.15, -0.1) is 0 Å². The van der Waals surface area contributed by atoms with Gasteiger partial charge >= 0.3 is 0 Å². The van der Waals surface area contributed by atoms with E-state index < -0.39 is 0 Å². The first kappa shape index (κ1) is 17.7. The average molecular weight is 349 g/mol. The fourth-order valence-electron chi connectivity index (χ4n) is 2.67. The number of nitrogens with one attached hydrogen (secondary N) is 1. The Morgan fingerprint density at radius 2 is 1.81 bits per heavy atom. The van der Waals surface area contributed by atoms with E-state index in [-0.39, 0.29) is 11.9 Å². The van der Waals surface area contributed by atoms with Crippen LogP contribution in [-0.4, -0.2) is 21.5 Å². The number of hydrogen-bond donors (Lipinski definition) is 1. The molecule has 5 nitrogen and oxygen atoms in total. The van der Waals surface area contributed by atoms with Crippen molar-refractivity contribution in [2.45, 2.75) is 33.4 Å². The molecule has 26 heavy (non-hydrogen) atoms. The van der Waals surface area contributed by atoms with E-state index in [1.54, 1.807) is 6.33 Å². The second kappa shape index (κ2) is 7.87. The van der Waals surface area contributed by atoms with E-state index in [0.717, 1.165) is 22.7 Å². The lowest BCUT2D eigenvalue weighted by Gasteiger charge is -2.10. The van der Waals surface area contributed by atoms with Gasteiger partial charge in [0.1, 0.15) is 24.4 Å². The van der Waals surface area contributed by atoms with Gasteiger partial charge in [-0.2, -0.15) is 0 Å². The predicted octanol–water partition coefficient (Wildman–Crippen LogP) is 3.90. The zero-order valence-electron chi connectivity index (χ0n) is 15.3. The maximum Gasteiger partial charge on any atom is 0.271 e. The largest absolute Gasteiger partial charge is 0.489 e. The third kappa shape index (κ3) is 4.11. The molecular formula is C21H23N3O2. The second-order valence-corrected chi connectivity index (χ2v) is 6.44. The summed E-state index contributed by atoms with van der Waals surface area (Å²) in [5, 5.41) is 2.87. The summed E-state index contributed by atoms with van der Waals surface area (Å²) < 4.78 is 7.71. The van der Waals surface area contributed by atoms with Crippen LogP contribution in [0.1, 0.15) is 35.6 Å². The molecule has 0 fully saturated rings. The summed E-state index contributed by atoms with van der Waals surface area (Å²) in [6.45, 7) is 6.28. The molecule has 0 radical (unpaired) electrons. The van der Waals surface area contributed by atoms with Crippen molar-refractivity contribution in [2.24, 2.45) is 0 Å². The van der Waals surface area contributed by atoms with Gasteiger partial charge in [0.25, 0.3) is 5.91 Å². The molecule has 0 spiro atoms. The number of hydrogen-bond acceptors (Lipinski definition) is 3. The molecule has 1 N–H and O–H groups in total. The lowest BCUT2D eigenvalue weighted by Crippen LogP contribution is -2.30. The van der Waals surface area contributed by atoms with Crippen LogP contribution in [-0.2, 0) is 6.61 Å². The van der Waals surface area contributed by atoms with Gasteiger partial charge in [-0.3, -0.25) is 4.79 Å². The minimum absolute atomic E-state index is 0.0769. The zero-order chi connectivity index (χ0) is 18.5. The SMILES string of the molecule is Cc1c(C(=O)NC(C)C)ncn1-c1ccc(OCc2ccccc2)cc1. The molecule has 1 aromatic heterocycles. The number of rotatable bonds is 6. The first-order chi connectivity index (χ1) is 12.5. The van der Waals surface area contributed by atoms with Gasteiger partial charge < -0.3 is 14.6 Å². The number of ether oxygens (including phenoxy) is 1. The zero-order valence-corrected chi connectivity index (χ0v) is 15.3. The summed E-state index contributed by atoms with van der Waals surface area (Å²) in [7, 11) is 0. The van der Waals surface area contributed by atoms with Crippen LogP contribution in [0.15, 0.2) is 60.9 Å². The number of carbonyl (C=O) groups excluding carboxylic acids is 1. The van der Waals surface area contributed by atoms with Crippen LogP contribution in [0.3, 0.4) is 0 Å².